The molecule has 0 aliphatic heterocycles. The standard InChI is InChI=1S/C6H12O10P2/c7-5(8)1-4(18(14,15)16)3(6(9)10)2-17(11,12)13/h3-4H,1-2H2,(H,7,8)(H,9,10)(H2,11,12,13)(H2,14,15,16). The van der Waals surface area contributed by atoms with E-state index < -0.39 is 51.3 Å². The zero-order valence-electron chi connectivity index (χ0n) is 8.78. The van der Waals surface area contributed by atoms with E-state index in [2.05, 4.69) is 0 Å². The maximum Gasteiger partial charge on any atom is 0.330 e. The van der Waals surface area contributed by atoms with Crippen LogP contribution in [-0.2, 0) is 18.7 Å². The first-order valence-corrected chi connectivity index (χ1v) is 7.87. The summed E-state index contributed by atoms with van der Waals surface area (Å²) in [6.45, 7) is 0. The van der Waals surface area contributed by atoms with Crippen molar-refractivity contribution in [3.8, 4) is 0 Å². The highest BCUT2D eigenvalue weighted by molar-refractivity contribution is 7.53. The highest BCUT2D eigenvalue weighted by atomic mass is 31.2. The van der Waals surface area contributed by atoms with Gasteiger partial charge in [0.2, 0.25) is 0 Å². The van der Waals surface area contributed by atoms with Crippen molar-refractivity contribution in [2.75, 3.05) is 6.16 Å². The van der Waals surface area contributed by atoms with Gasteiger partial charge in [0.25, 0.3) is 0 Å². The van der Waals surface area contributed by atoms with Gasteiger partial charge in [-0.2, -0.15) is 0 Å². The van der Waals surface area contributed by atoms with Gasteiger partial charge in [0.05, 0.1) is 24.2 Å². The van der Waals surface area contributed by atoms with Gasteiger partial charge in [-0.1, -0.05) is 0 Å². The Labute approximate surface area is 101 Å². The van der Waals surface area contributed by atoms with Crippen LogP contribution in [0.3, 0.4) is 0 Å². The van der Waals surface area contributed by atoms with E-state index in [1.807, 2.05) is 0 Å². The maximum atomic E-state index is 11.0. The van der Waals surface area contributed by atoms with E-state index in [1.54, 1.807) is 0 Å². The molecule has 0 heterocycles. The lowest BCUT2D eigenvalue weighted by molar-refractivity contribution is -0.142. The predicted octanol–water partition coefficient (Wildman–Crippen LogP) is -1.11. The molecule has 0 aliphatic rings. The SMILES string of the molecule is O=C(O)CC(C(CP(=O)(O)O)C(=O)O)P(=O)(O)O. The van der Waals surface area contributed by atoms with Crippen molar-refractivity contribution in [1.29, 1.82) is 0 Å². The first-order valence-electron chi connectivity index (χ1n) is 4.39. The summed E-state index contributed by atoms with van der Waals surface area (Å²) in [6.07, 6.45) is -2.55. The van der Waals surface area contributed by atoms with Crippen molar-refractivity contribution in [3.63, 3.8) is 0 Å². The molecule has 0 amide bonds. The fourth-order valence-electron chi connectivity index (χ4n) is 1.30. The molecule has 2 atom stereocenters. The summed E-state index contributed by atoms with van der Waals surface area (Å²) in [5, 5.41) is 17.1. The summed E-state index contributed by atoms with van der Waals surface area (Å²) < 4.78 is 21.7. The molecule has 0 aromatic carbocycles. The van der Waals surface area contributed by atoms with Gasteiger partial charge in [0.1, 0.15) is 0 Å². The van der Waals surface area contributed by atoms with Crippen LogP contribution in [-0.4, -0.2) is 53.5 Å². The Balaban J connectivity index is 5.37. The van der Waals surface area contributed by atoms with Crippen LogP contribution in [0.4, 0.5) is 0 Å². The maximum absolute atomic E-state index is 11.0. The molecule has 0 spiro atoms. The highest BCUT2D eigenvalue weighted by Gasteiger charge is 2.44. The predicted molar refractivity (Wildman–Crippen MR) is 56.1 cm³/mol. The van der Waals surface area contributed by atoms with E-state index in [0.717, 1.165) is 0 Å². The van der Waals surface area contributed by atoms with Crippen molar-refractivity contribution in [2.45, 2.75) is 12.1 Å². The number of hydrogen-bond donors (Lipinski definition) is 6. The molecular weight excluding hydrogens is 294 g/mol. The minimum Gasteiger partial charge on any atom is -0.481 e. The van der Waals surface area contributed by atoms with Crippen LogP contribution in [0.2, 0.25) is 0 Å². The van der Waals surface area contributed by atoms with Gasteiger partial charge in [-0.25, -0.2) is 0 Å². The van der Waals surface area contributed by atoms with Gasteiger partial charge in [0, 0.05) is 0 Å². The third kappa shape index (κ3) is 6.25. The molecule has 106 valence electrons. The molecule has 0 aromatic heterocycles. The average Bonchev–Trinajstić information content (AvgIpc) is 2.06. The monoisotopic (exact) mass is 306 g/mol. The zero-order chi connectivity index (χ0) is 14.7. The molecule has 6 N–H and O–H groups in total. The number of carboxylic acid groups (broad SMARTS) is 2. The molecule has 10 nitrogen and oxygen atoms in total. The average molecular weight is 306 g/mol. The van der Waals surface area contributed by atoms with Crippen LogP contribution in [0.25, 0.3) is 0 Å². The Morgan fingerprint density at radius 1 is 1.00 bits per heavy atom. The molecule has 2 unspecified atom stereocenters. The van der Waals surface area contributed by atoms with Gasteiger partial charge in [-0.05, 0) is 0 Å². The zero-order valence-corrected chi connectivity index (χ0v) is 10.6. The van der Waals surface area contributed by atoms with Crippen LogP contribution >= 0.6 is 15.2 Å². The van der Waals surface area contributed by atoms with Crippen LogP contribution in [0.5, 0.6) is 0 Å². The van der Waals surface area contributed by atoms with Crippen LogP contribution in [0.1, 0.15) is 6.42 Å². The second kappa shape index (κ2) is 5.92. The van der Waals surface area contributed by atoms with Gasteiger partial charge >= 0.3 is 27.1 Å². The fraction of sp³-hybridized carbons (Fsp3) is 0.667. The quantitative estimate of drug-likeness (QED) is 0.314. The van der Waals surface area contributed by atoms with Crippen molar-refractivity contribution >= 4 is 27.1 Å². The minimum absolute atomic E-state index is 1.21. The molecule has 18 heavy (non-hydrogen) atoms. The molecule has 0 saturated heterocycles. The first-order chi connectivity index (χ1) is 7.84. The lowest BCUT2D eigenvalue weighted by Gasteiger charge is -2.23. The van der Waals surface area contributed by atoms with Crippen molar-refractivity contribution in [3.05, 3.63) is 0 Å². The van der Waals surface area contributed by atoms with Crippen LogP contribution in [0, 0.1) is 5.92 Å². The van der Waals surface area contributed by atoms with Crippen LogP contribution < -0.4 is 0 Å². The molecule has 0 rings (SSSR count). The summed E-state index contributed by atoms with van der Waals surface area (Å²) in [6, 6.07) is 0. The van der Waals surface area contributed by atoms with Gasteiger partial charge in [-0.3, -0.25) is 18.7 Å². The topological polar surface area (TPSA) is 190 Å². The summed E-state index contributed by atoms with van der Waals surface area (Å²) >= 11 is 0. The Hall–Kier alpha value is -0.760. The molecule has 0 bridgehead atoms. The van der Waals surface area contributed by atoms with Crippen molar-refractivity contribution in [2.24, 2.45) is 5.92 Å². The number of rotatable bonds is 7. The highest BCUT2D eigenvalue weighted by Crippen LogP contribution is 2.50. The molecule has 0 saturated carbocycles. The second-order valence-corrected chi connectivity index (χ2v) is 7.08. The molecule has 0 fully saturated rings. The summed E-state index contributed by atoms with van der Waals surface area (Å²) in [4.78, 5) is 56.2. The number of aliphatic carboxylic acids is 2. The molecule has 0 radical (unpaired) electrons. The van der Waals surface area contributed by atoms with Crippen molar-refractivity contribution in [1.82, 2.24) is 0 Å². The number of carboxylic acids is 2. The molecule has 0 aliphatic carbocycles. The minimum atomic E-state index is -5.13. The molecule has 12 heteroatoms. The number of hydrogen-bond acceptors (Lipinski definition) is 4. The summed E-state index contributed by atoms with van der Waals surface area (Å²) in [7, 11) is -9.99. The number of carbonyl (C=O) groups is 2. The van der Waals surface area contributed by atoms with Gasteiger partial charge in [0.15, 0.2) is 0 Å². The van der Waals surface area contributed by atoms with Crippen LogP contribution in [0.15, 0.2) is 0 Å². The summed E-state index contributed by atoms with van der Waals surface area (Å²) in [5.74, 6) is -5.71. The lowest BCUT2D eigenvalue weighted by Crippen LogP contribution is -2.33. The Morgan fingerprint density at radius 2 is 1.44 bits per heavy atom. The third-order valence-electron chi connectivity index (χ3n) is 2.03. The second-order valence-electron chi connectivity index (χ2n) is 3.55. The van der Waals surface area contributed by atoms with Gasteiger partial charge < -0.3 is 29.8 Å². The van der Waals surface area contributed by atoms with E-state index >= 15 is 0 Å². The lowest BCUT2D eigenvalue weighted by atomic mass is 10.1. The largest absolute Gasteiger partial charge is 0.481 e. The Morgan fingerprint density at radius 3 is 1.67 bits per heavy atom. The van der Waals surface area contributed by atoms with E-state index in [0.29, 0.717) is 0 Å². The third-order valence-corrected chi connectivity index (χ3v) is 4.31. The van der Waals surface area contributed by atoms with E-state index in [1.165, 1.54) is 0 Å². The smallest absolute Gasteiger partial charge is 0.330 e. The molecule has 0 aromatic rings. The van der Waals surface area contributed by atoms with E-state index in [-0.39, 0.29) is 0 Å². The first kappa shape index (κ1) is 17.2. The molecular formula is C6H12O10P2. The van der Waals surface area contributed by atoms with Crippen molar-refractivity contribution < 1.29 is 48.5 Å². The van der Waals surface area contributed by atoms with E-state index in [9.17, 15) is 18.7 Å². The van der Waals surface area contributed by atoms with E-state index in [4.69, 9.17) is 29.8 Å². The van der Waals surface area contributed by atoms with Gasteiger partial charge in [-0.15, -0.1) is 0 Å². The Kier molecular flexibility index (Phi) is 5.67. The summed E-state index contributed by atoms with van der Waals surface area (Å²) in [5.41, 5.74) is -2.19. The Bertz CT molecular complexity index is 418. The fourth-order valence-corrected chi connectivity index (χ4v) is 3.48. The normalized spacial score (nSPS) is 16.0.